The van der Waals surface area contributed by atoms with E-state index < -0.39 is 43.4 Å². The number of aliphatic hydroxyl groups is 4. The number of hydrogen-bond donors (Lipinski definition) is 5. The zero-order chi connectivity index (χ0) is 19.9. The SMILES string of the molecule is CCC(CC)NC(=O)COC(=O)c1cc(C(O)C(O)C(O)CO)oc1C. The first-order valence-electron chi connectivity index (χ1n) is 8.46. The van der Waals surface area contributed by atoms with Crippen molar-refractivity contribution in [1.29, 1.82) is 0 Å². The highest BCUT2D eigenvalue weighted by molar-refractivity contribution is 5.92. The molecule has 0 saturated heterocycles. The molecule has 0 aliphatic rings. The second-order valence-electron chi connectivity index (χ2n) is 5.96. The molecule has 0 saturated carbocycles. The molecule has 148 valence electrons. The molecule has 3 atom stereocenters. The lowest BCUT2D eigenvalue weighted by atomic mass is 10.1. The Morgan fingerprint density at radius 1 is 1.23 bits per heavy atom. The number of hydrogen-bond acceptors (Lipinski definition) is 8. The van der Waals surface area contributed by atoms with E-state index in [1.54, 1.807) is 0 Å². The zero-order valence-electron chi connectivity index (χ0n) is 15.1. The number of esters is 1. The van der Waals surface area contributed by atoms with E-state index >= 15 is 0 Å². The fourth-order valence-corrected chi connectivity index (χ4v) is 2.31. The molecule has 0 aromatic carbocycles. The van der Waals surface area contributed by atoms with Crippen LogP contribution in [0, 0.1) is 6.92 Å². The highest BCUT2D eigenvalue weighted by Crippen LogP contribution is 2.25. The van der Waals surface area contributed by atoms with E-state index in [9.17, 15) is 24.9 Å². The van der Waals surface area contributed by atoms with Crippen molar-refractivity contribution in [3.63, 3.8) is 0 Å². The number of furan rings is 1. The van der Waals surface area contributed by atoms with Gasteiger partial charge in [0.15, 0.2) is 6.61 Å². The van der Waals surface area contributed by atoms with Crippen molar-refractivity contribution in [2.75, 3.05) is 13.2 Å². The van der Waals surface area contributed by atoms with Gasteiger partial charge in [-0.1, -0.05) is 13.8 Å². The fraction of sp³-hybridized carbons (Fsp3) is 0.647. The predicted octanol–water partition coefficient (Wildman–Crippen LogP) is -0.203. The lowest BCUT2D eigenvalue weighted by Gasteiger charge is -2.19. The Morgan fingerprint density at radius 2 is 1.85 bits per heavy atom. The topological polar surface area (TPSA) is 149 Å². The maximum atomic E-state index is 12.1. The van der Waals surface area contributed by atoms with Crippen molar-refractivity contribution in [2.24, 2.45) is 0 Å². The summed E-state index contributed by atoms with van der Waals surface area (Å²) in [5, 5.41) is 40.5. The van der Waals surface area contributed by atoms with Crippen LogP contribution in [0.1, 0.15) is 54.7 Å². The van der Waals surface area contributed by atoms with Gasteiger partial charge in [0.05, 0.1) is 6.61 Å². The average Bonchev–Trinajstić information content (AvgIpc) is 3.03. The third-order valence-corrected chi connectivity index (χ3v) is 4.04. The summed E-state index contributed by atoms with van der Waals surface area (Å²) in [7, 11) is 0. The summed E-state index contributed by atoms with van der Waals surface area (Å²) in [5.74, 6) is -1.29. The summed E-state index contributed by atoms with van der Waals surface area (Å²) in [5.41, 5.74) is -0.0138. The first-order valence-corrected chi connectivity index (χ1v) is 8.46. The molecule has 1 heterocycles. The van der Waals surface area contributed by atoms with Crippen LogP contribution in [0.4, 0.5) is 0 Å². The average molecular weight is 373 g/mol. The second-order valence-corrected chi connectivity index (χ2v) is 5.96. The van der Waals surface area contributed by atoms with E-state index in [1.165, 1.54) is 6.92 Å². The zero-order valence-corrected chi connectivity index (χ0v) is 15.1. The van der Waals surface area contributed by atoms with Crippen LogP contribution in [0.3, 0.4) is 0 Å². The number of amides is 1. The number of ether oxygens (including phenoxy) is 1. The Morgan fingerprint density at radius 3 is 2.38 bits per heavy atom. The smallest absolute Gasteiger partial charge is 0.342 e. The minimum Gasteiger partial charge on any atom is -0.463 e. The van der Waals surface area contributed by atoms with Gasteiger partial charge < -0.3 is 34.9 Å². The Kier molecular flexibility index (Phi) is 8.73. The van der Waals surface area contributed by atoms with Crippen molar-refractivity contribution in [3.05, 3.63) is 23.2 Å². The molecule has 5 N–H and O–H groups in total. The van der Waals surface area contributed by atoms with E-state index in [-0.39, 0.29) is 23.1 Å². The normalized spacial score (nSPS) is 14.8. The predicted molar refractivity (Wildman–Crippen MR) is 90.3 cm³/mol. The van der Waals surface area contributed by atoms with Gasteiger partial charge in [0.25, 0.3) is 5.91 Å². The molecule has 1 aromatic heterocycles. The molecule has 9 nitrogen and oxygen atoms in total. The molecule has 1 rings (SSSR count). The molecule has 1 aromatic rings. The summed E-state index contributed by atoms with van der Waals surface area (Å²) in [6, 6.07) is 1.17. The van der Waals surface area contributed by atoms with E-state index in [0.29, 0.717) is 0 Å². The number of nitrogens with one attached hydrogen (secondary N) is 1. The number of aliphatic hydroxyl groups excluding tert-OH is 4. The van der Waals surface area contributed by atoms with Crippen LogP contribution in [-0.2, 0) is 9.53 Å². The van der Waals surface area contributed by atoms with Gasteiger partial charge in [-0.15, -0.1) is 0 Å². The third kappa shape index (κ3) is 5.80. The molecule has 0 aliphatic carbocycles. The molecule has 0 fully saturated rings. The van der Waals surface area contributed by atoms with E-state index in [0.717, 1.165) is 18.9 Å². The Hall–Kier alpha value is -1.94. The van der Waals surface area contributed by atoms with E-state index in [1.807, 2.05) is 13.8 Å². The van der Waals surface area contributed by atoms with Gasteiger partial charge in [-0.05, 0) is 25.8 Å². The number of rotatable bonds is 10. The summed E-state index contributed by atoms with van der Waals surface area (Å²) in [4.78, 5) is 23.9. The van der Waals surface area contributed by atoms with Crippen LogP contribution in [0.25, 0.3) is 0 Å². The van der Waals surface area contributed by atoms with Gasteiger partial charge in [-0.25, -0.2) is 4.79 Å². The molecule has 0 aliphatic heterocycles. The Balaban J connectivity index is 2.71. The summed E-state index contributed by atoms with van der Waals surface area (Å²) in [6.45, 7) is 4.11. The largest absolute Gasteiger partial charge is 0.463 e. The molecular formula is C17H27NO8. The van der Waals surface area contributed by atoms with Gasteiger partial charge in [-0.2, -0.15) is 0 Å². The van der Waals surface area contributed by atoms with Gasteiger partial charge in [0.1, 0.15) is 35.4 Å². The first kappa shape index (κ1) is 22.1. The highest BCUT2D eigenvalue weighted by Gasteiger charge is 2.30. The molecule has 0 bridgehead atoms. The molecule has 3 unspecified atom stereocenters. The second kappa shape index (κ2) is 10.3. The lowest BCUT2D eigenvalue weighted by molar-refractivity contribution is -0.125. The van der Waals surface area contributed by atoms with Crippen LogP contribution in [0.2, 0.25) is 0 Å². The van der Waals surface area contributed by atoms with Crippen molar-refractivity contribution < 1.29 is 39.2 Å². The molecule has 1 amide bonds. The van der Waals surface area contributed by atoms with Crippen LogP contribution < -0.4 is 5.32 Å². The maximum Gasteiger partial charge on any atom is 0.342 e. The van der Waals surface area contributed by atoms with Crippen molar-refractivity contribution in [1.82, 2.24) is 5.32 Å². The Bertz CT molecular complexity index is 596. The fourth-order valence-electron chi connectivity index (χ4n) is 2.31. The highest BCUT2D eigenvalue weighted by atomic mass is 16.5. The Labute approximate surface area is 151 Å². The molecular weight excluding hydrogens is 346 g/mol. The lowest BCUT2D eigenvalue weighted by Crippen LogP contribution is -2.36. The van der Waals surface area contributed by atoms with Crippen molar-refractivity contribution in [3.8, 4) is 0 Å². The minimum absolute atomic E-state index is 0.0121. The van der Waals surface area contributed by atoms with Crippen LogP contribution in [0.5, 0.6) is 0 Å². The van der Waals surface area contributed by atoms with Crippen molar-refractivity contribution >= 4 is 11.9 Å². The van der Waals surface area contributed by atoms with Gasteiger partial charge in [-0.3, -0.25) is 4.79 Å². The minimum atomic E-state index is -1.69. The van der Waals surface area contributed by atoms with Crippen LogP contribution >= 0.6 is 0 Å². The van der Waals surface area contributed by atoms with Gasteiger partial charge in [0, 0.05) is 6.04 Å². The van der Waals surface area contributed by atoms with Gasteiger partial charge in [0.2, 0.25) is 0 Å². The summed E-state index contributed by atoms with van der Waals surface area (Å²) in [6.07, 6.45) is -3.38. The van der Waals surface area contributed by atoms with Crippen LogP contribution in [-0.4, -0.2) is 63.8 Å². The molecule has 26 heavy (non-hydrogen) atoms. The summed E-state index contributed by atoms with van der Waals surface area (Å²) < 4.78 is 10.2. The van der Waals surface area contributed by atoms with Crippen LogP contribution in [0.15, 0.2) is 10.5 Å². The summed E-state index contributed by atoms with van der Waals surface area (Å²) >= 11 is 0. The molecule has 0 spiro atoms. The first-order chi connectivity index (χ1) is 12.2. The molecule has 0 radical (unpaired) electrons. The number of carbonyl (C=O) groups excluding carboxylic acids is 2. The van der Waals surface area contributed by atoms with Gasteiger partial charge >= 0.3 is 5.97 Å². The number of carbonyl (C=O) groups is 2. The quantitative estimate of drug-likeness (QED) is 0.354. The number of aryl methyl sites for hydroxylation is 1. The van der Waals surface area contributed by atoms with E-state index in [4.69, 9.17) is 14.3 Å². The molecule has 9 heteroatoms. The monoisotopic (exact) mass is 373 g/mol. The maximum absolute atomic E-state index is 12.1. The standard InChI is InChI=1S/C17H27NO8/c1-4-10(5-2)18-14(21)8-25-17(24)11-6-13(26-9(11)3)16(23)15(22)12(20)7-19/h6,10,12,15-16,19-20,22-23H,4-5,7-8H2,1-3H3,(H,18,21). The van der Waals surface area contributed by atoms with Crippen molar-refractivity contribution in [2.45, 2.75) is 58.0 Å². The van der Waals surface area contributed by atoms with E-state index in [2.05, 4.69) is 5.32 Å². The third-order valence-electron chi connectivity index (χ3n) is 4.04.